The molecule has 1 aliphatic carbocycles. The number of nitrogens with two attached hydrogens (primary N) is 1. The predicted octanol–water partition coefficient (Wildman–Crippen LogP) is 2.18. The maximum atomic E-state index is 12.4. The Kier molecular flexibility index (Phi) is 3.61. The van der Waals surface area contributed by atoms with E-state index in [1.165, 1.54) is 0 Å². The first-order valence-electron chi connectivity index (χ1n) is 6.08. The van der Waals surface area contributed by atoms with Crippen molar-refractivity contribution in [2.75, 3.05) is 5.32 Å². The summed E-state index contributed by atoms with van der Waals surface area (Å²) in [5, 5.41) is 2.93. The zero-order valence-corrected chi connectivity index (χ0v) is 11.2. The number of nitrogens with one attached hydrogen (secondary N) is 1. The Morgan fingerprint density at radius 1 is 1.50 bits per heavy atom. The molecule has 96 valence electrons. The molecule has 1 saturated carbocycles. The minimum Gasteiger partial charge on any atom is -0.392 e. The highest BCUT2D eigenvalue weighted by atomic mass is 32.1. The van der Waals surface area contributed by atoms with Crippen molar-refractivity contribution in [3.05, 3.63) is 24.0 Å². The van der Waals surface area contributed by atoms with Crippen molar-refractivity contribution in [3.63, 3.8) is 0 Å². The van der Waals surface area contributed by atoms with Gasteiger partial charge in [-0.05, 0) is 31.4 Å². The summed E-state index contributed by atoms with van der Waals surface area (Å²) in [6.45, 7) is 1.91. The van der Waals surface area contributed by atoms with Crippen LogP contribution in [0.3, 0.4) is 0 Å². The minimum absolute atomic E-state index is 0.0817. The standard InChI is InChI=1S/C13H17N3OS/c1-9-8-15-7-4-10(9)16-12(17)13(11(14)18)5-2-3-6-13/h4,7-8H,2-3,5-6H2,1H3,(H2,14,18)(H,15,16,17). The van der Waals surface area contributed by atoms with Gasteiger partial charge in [-0.2, -0.15) is 0 Å². The van der Waals surface area contributed by atoms with Crippen molar-refractivity contribution >= 4 is 28.8 Å². The van der Waals surface area contributed by atoms with Gasteiger partial charge in [0.2, 0.25) is 5.91 Å². The number of amides is 1. The number of aromatic nitrogens is 1. The third kappa shape index (κ3) is 2.22. The molecule has 0 spiro atoms. The van der Waals surface area contributed by atoms with E-state index in [4.69, 9.17) is 18.0 Å². The van der Waals surface area contributed by atoms with Gasteiger partial charge in [0.05, 0.1) is 10.4 Å². The molecule has 0 aromatic carbocycles. The quantitative estimate of drug-likeness (QED) is 0.820. The zero-order chi connectivity index (χ0) is 13.2. The molecule has 1 aliphatic rings. The molecule has 0 aliphatic heterocycles. The van der Waals surface area contributed by atoms with Gasteiger partial charge in [-0.25, -0.2) is 0 Å². The van der Waals surface area contributed by atoms with Crippen molar-refractivity contribution in [2.24, 2.45) is 11.1 Å². The maximum Gasteiger partial charge on any atom is 0.237 e. The lowest BCUT2D eigenvalue weighted by molar-refractivity contribution is -0.122. The van der Waals surface area contributed by atoms with Crippen LogP contribution in [0.25, 0.3) is 0 Å². The first-order valence-corrected chi connectivity index (χ1v) is 6.49. The number of pyridine rings is 1. The molecule has 3 N–H and O–H groups in total. The molecular formula is C13H17N3OS. The Morgan fingerprint density at radius 3 is 2.72 bits per heavy atom. The van der Waals surface area contributed by atoms with E-state index in [0.717, 1.165) is 36.9 Å². The molecule has 0 radical (unpaired) electrons. The van der Waals surface area contributed by atoms with Crippen LogP contribution in [-0.2, 0) is 4.79 Å². The van der Waals surface area contributed by atoms with Gasteiger partial charge in [0.15, 0.2) is 0 Å². The van der Waals surface area contributed by atoms with Gasteiger partial charge >= 0.3 is 0 Å². The summed E-state index contributed by atoms with van der Waals surface area (Å²) in [5.41, 5.74) is 6.83. The van der Waals surface area contributed by atoms with Gasteiger partial charge in [0.1, 0.15) is 0 Å². The Labute approximate surface area is 112 Å². The van der Waals surface area contributed by atoms with E-state index in [1.54, 1.807) is 18.5 Å². The summed E-state index contributed by atoms with van der Waals surface area (Å²) in [5.74, 6) is -0.0817. The highest BCUT2D eigenvalue weighted by Gasteiger charge is 2.44. The minimum atomic E-state index is -0.662. The summed E-state index contributed by atoms with van der Waals surface area (Å²) in [7, 11) is 0. The second-order valence-corrected chi connectivity index (χ2v) is 5.24. The van der Waals surface area contributed by atoms with Crippen LogP contribution >= 0.6 is 12.2 Å². The van der Waals surface area contributed by atoms with Gasteiger partial charge < -0.3 is 11.1 Å². The zero-order valence-electron chi connectivity index (χ0n) is 10.4. The number of nitrogens with zero attached hydrogens (tertiary/aromatic N) is 1. The number of anilines is 1. The normalized spacial score (nSPS) is 17.4. The fourth-order valence-electron chi connectivity index (χ4n) is 2.42. The van der Waals surface area contributed by atoms with Crippen molar-refractivity contribution in [2.45, 2.75) is 32.6 Å². The number of hydrogen-bond acceptors (Lipinski definition) is 3. The van der Waals surface area contributed by atoms with Crippen molar-refractivity contribution in [1.29, 1.82) is 0 Å². The number of carbonyl (C=O) groups excluding carboxylic acids is 1. The van der Waals surface area contributed by atoms with Crippen LogP contribution in [0.1, 0.15) is 31.2 Å². The molecular weight excluding hydrogens is 246 g/mol. The molecule has 0 saturated heterocycles. The fraction of sp³-hybridized carbons (Fsp3) is 0.462. The Balaban J connectivity index is 2.21. The molecule has 2 rings (SSSR count). The van der Waals surface area contributed by atoms with E-state index in [-0.39, 0.29) is 5.91 Å². The van der Waals surface area contributed by atoms with Crippen LogP contribution in [0.5, 0.6) is 0 Å². The monoisotopic (exact) mass is 263 g/mol. The van der Waals surface area contributed by atoms with Crippen LogP contribution in [0.15, 0.2) is 18.5 Å². The lowest BCUT2D eigenvalue weighted by Gasteiger charge is -2.26. The molecule has 5 heteroatoms. The molecule has 1 aromatic rings. The molecule has 4 nitrogen and oxygen atoms in total. The molecule has 0 atom stereocenters. The van der Waals surface area contributed by atoms with Crippen LogP contribution in [0.2, 0.25) is 0 Å². The lowest BCUT2D eigenvalue weighted by atomic mass is 9.85. The number of thiocarbonyl (C=S) groups is 1. The van der Waals surface area contributed by atoms with Crippen LogP contribution < -0.4 is 11.1 Å². The van der Waals surface area contributed by atoms with Gasteiger partial charge in [0.25, 0.3) is 0 Å². The van der Waals surface area contributed by atoms with Crippen LogP contribution in [0, 0.1) is 12.3 Å². The van der Waals surface area contributed by atoms with E-state index in [0.29, 0.717) is 4.99 Å². The predicted molar refractivity (Wildman–Crippen MR) is 75.3 cm³/mol. The first-order chi connectivity index (χ1) is 8.56. The van der Waals surface area contributed by atoms with Crippen LogP contribution in [0.4, 0.5) is 5.69 Å². The Hall–Kier alpha value is -1.49. The molecule has 0 unspecified atom stereocenters. The van der Waals surface area contributed by atoms with E-state index < -0.39 is 5.41 Å². The van der Waals surface area contributed by atoms with Crippen LogP contribution in [-0.4, -0.2) is 15.9 Å². The van der Waals surface area contributed by atoms with Gasteiger partial charge in [-0.15, -0.1) is 0 Å². The summed E-state index contributed by atoms with van der Waals surface area (Å²) in [6, 6.07) is 1.79. The molecule has 1 heterocycles. The topological polar surface area (TPSA) is 68.0 Å². The van der Waals surface area contributed by atoms with Crippen molar-refractivity contribution < 1.29 is 4.79 Å². The Bertz CT molecular complexity index is 481. The summed E-state index contributed by atoms with van der Waals surface area (Å²) < 4.78 is 0. The highest BCUT2D eigenvalue weighted by molar-refractivity contribution is 7.80. The molecule has 18 heavy (non-hydrogen) atoms. The molecule has 1 fully saturated rings. The van der Waals surface area contributed by atoms with Crippen molar-refractivity contribution in [3.8, 4) is 0 Å². The van der Waals surface area contributed by atoms with E-state index in [2.05, 4.69) is 10.3 Å². The van der Waals surface area contributed by atoms with E-state index >= 15 is 0 Å². The van der Waals surface area contributed by atoms with E-state index in [9.17, 15) is 4.79 Å². The summed E-state index contributed by atoms with van der Waals surface area (Å²) in [6.07, 6.45) is 6.87. The smallest absolute Gasteiger partial charge is 0.237 e. The number of rotatable bonds is 3. The van der Waals surface area contributed by atoms with Gasteiger partial charge in [-0.1, -0.05) is 25.1 Å². The summed E-state index contributed by atoms with van der Waals surface area (Å²) in [4.78, 5) is 16.7. The first kappa shape index (κ1) is 13.0. The van der Waals surface area contributed by atoms with Gasteiger partial charge in [-0.3, -0.25) is 9.78 Å². The SMILES string of the molecule is Cc1cnccc1NC(=O)C1(C(N)=S)CCCC1. The van der Waals surface area contributed by atoms with Crippen molar-refractivity contribution in [1.82, 2.24) is 4.98 Å². The number of carbonyl (C=O) groups is 1. The third-order valence-corrected chi connectivity index (χ3v) is 4.02. The number of hydrogen-bond donors (Lipinski definition) is 2. The average molecular weight is 263 g/mol. The Morgan fingerprint density at radius 2 is 2.17 bits per heavy atom. The molecule has 1 amide bonds. The molecule has 1 aromatic heterocycles. The van der Waals surface area contributed by atoms with Gasteiger partial charge in [0, 0.05) is 18.1 Å². The third-order valence-electron chi connectivity index (χ3n) is 3.63. The average Bonchev–Trinajstić information content (AvgIpc) is 2.82. The highest BCUT2D eigenvalue weighted by Crippen LogP contribution is 2.39. The second-order valence-electron chi connectivity index (χ2n) is 4.80. The molecule has 0 bridgehead atoms. The second kappa shape index (κ2) is 5.02. The number of aryl methyl sites for hydroxylation is 1. The largest absolute Gasteiger partial charge is 0.392 e. The summed E-state index contributed by atoms with van der Waals surface area (Å²) >= 11 is 5.10. The maximum absolute atomic E-state index is 12.4. The van der Waals surface area contributed by atoms with E-state index in [1.807, 2.05) is 6.92 Å². The fourth-order valence-corrected chi connectivity index (χ4v) is 2.72. The lowest BCUT2D eigenvalue weighted by Crippen LogP contribution is -2.44.